The highest BCUT2D eigenvalue weighted by Gasteiger charge is 2.46. The molecule has 2 aliphatic carbocycles. The van der Waals surface area contributed by atoms with Gasteiger partial charge in [-0.25, -0.2) is 4.99 Å². The predicted molar refractivity (Wildman–Crippen MR) is 83.6 cm³/mol. The molecule has 0 saturated heterocycles. The molecule has 0 radical (unpaired) electrons. The van der Waals surface area contributed by atoms with E-state index in [2.05, 4.69) is 48.6 Å². The van der Waals surface area contributed by atoms with Crippen LogP contribution in [-0.4, -0.2) is 31.5 Å². The van der Waals surface area contributed by atoms with Gasteiger partial charge in [-0.2, -0.15) is 0 Å². The molecule has 2 fully saturated rings. The Labute approximate surface area is 122 Å². The van der Waals surface area contributed by atoms with Crippen LogP contribution in [0.15, 0.2) is 35.3 Å². The van der Waals surface area contributed by atoms with Crippen molar-refractivity contribution >= 4 is 5.96 Å². The Kier molecular flexibility index (Phi) is 3.95. The quantitative estimate of drug-likeness (QED) is 0.659. The Bertz CT molecular complexity index is 462. The summed E-state index contributed by atoms with van der Waals surface area (Å²) >= 11 is 0. The molecule has 2 atom stereocenters. The van der Waals surface area contributed by atoms with Gasteiger partial charge in [-0.15, -0.1) is 0 Å². The summed E-state index contributed by atoms with van der Waals surface area (Å²) in [7, 11) is 4.12. The van der Waals surface area contributed by atoms with Gasteiger partial charge in [-0.3, -0.25) is 0 Å². The fourth-order valence-corrected chi connectivity index (χ4v) is 2.93. The van der Waals surface area contributed by atoms with Crippen LogP contribution in [-0.2, 0) is 6.54 Å². The fourth-order valence-electron chi connectivity index (χ4n) is 2.93. The molecule has 3 heteroatoms. The van der Waals surface area contributed by atoms with Gasteiger partial charge in [-0.1, -0.05) is 30.3 Å². The highest BCUT2D eigenvalue weighted by Crippen LogP contribution is 2.53. The molecule has 0 aromatic heterocycles. The lowest BCUT2D eigenvalue weighted by atomic mass is 10.2. The van der Waals surface area contributed by atoms with E-state index in [9.17, 15) is 0 Å². The summed E-state index contributed by atoms with van der Waals surface area (Å²) < 4.78 is 0. The van der Waals surface area contributed by atoms with Crippen molar-refractivity contribution in [3.8, 4) is 0 Å². The maximum atomic E-state index is 4.71. The number of aliphatic imine (C=N–C) groups is 1. The Morgan fingerprint density at radius 2 is 2.00 bits per heavy atom. The Balaban J connectivity index is 1.50. The second kappa shape index (κ2) is 5.86. The monoisotopic (exact) mass is 271 g/mol. The first-order valence-corrected chi connectivity index (χ1v) is 7.73. The summed E-state index contributed by atoms with van der Waals surface area (Å²) in [4.78, 5) is 6.79. The number of nitrogens with one attached hydrogen (secondary N) is 1. The summed E-state index contributed by atoms with van der Waals surface area (Å²) in [6, 6.07) is 10.4. The molecule has 0 amide bonds. The van der Waals surface area contributed by atoms with Gasteiger partial charge >= 0.3 is 0 Å². The van der Waals surface area contributed by atoms with Crippen molar-refractivity contribution in [2.24, 2.45) is 22.7 Å². The van der Waals surface area contributed by atoms with Crippen LogP contribution in [0.3, 0.4) is 0 Å². The summed E-state index contributed by atoms with van der Waals surface area (Å²) in [6.45, 7) is 1.84. The molecule has 108 valence electrons. The van der Waals surface area contributed by atoms with E-state index in [0.29, 0.717) is 0 Å². The van der Waals surface area contributed by atoms with Gasteiger partial charge in [0, 0.05) is 20.6 Å². The standard InChI is InChI=1S/C17H25N3/c1-20(2)17(18-11-13-6-4-3-5-7-13)19-12-15-10-16(15)14-8-9-14/h3-7,14-16H,8-12H2,1-2H3,(H,18,19)/t15-,16-/m0/s1. The van der Waals surface area contributed by atoms with Gasteiger partial charge < -0.3 is 10.2 Å². The van der Waals surface area contributed by atoms with Crippen molar-refractivity contribution in [1.82, 2.24) is 10.2 Å². The van der Waals surface area contributed by atoms with Gasteiger partial charge in [0.1, 0.15) is 0 Å². The van der Waals surface area contributed by atoms with Crippen LogP contribution in [0, 0.1) is 17.8 Å². The van der Waals surface area contributed by atoms with Crippen LogP contribution < -0.4 is 5.32 Å². The van der Waals surface area contributed by atoms with Crippen molar-refractivity contribution in [3.63, 3.8) is 0 Å². The molecule has 2 saturated carbocycles. The van der Waals surface area contributed by atoms with E-state index in [-0.39, 0.29) is 0 Å². The first-order chi connectivity index (χ1) is 9.74. The Morgan fingerprint density at radius 1 is 1.25 bits per heavy atom. The molecule has 0 heterocycles. The van der Waals surface area contributed by atoms with Gasteiger partial charge in [0.05, 0.1) is 6.54 Å². The molecule has 0 unspecified atom stereocenters. The molecule has 3 nitrogen and oxygen atoms in total. The van der Waals surface area contributed by atoms with E-state index in [1.807, 2.05) is 6.07 Å². The highest BCUT2D eigenvalue weighted by atomic mass is 15.3. The van der Waals surface area contributed by atoms with Crippen molar-refractivity contribution in [2.75, 3.05) is 20.6 Å². The van der Waals surface area contributed by atoms with E-state index in [1.165, 1.54) is 24.8 Å². The molecule has 0 spiro atoms. The van der Waals surface area contributed by atoms with E-state index in [0.717, 1.165) is 36.8 Å². The van der Waals surface area contributed by atoms with Crippen molar-refractivity contribution in [1.29, 1.82) is 0 Å². The Morgan fingerprint density at radius 3 is 2.65 bits per heavy atom. The summed E-state index contributed by atoms with van der Waals surface area (Å²) in [5, 5.41) is 3.54. The van der Waals surface area contributed by atoms with Gasteiger partial charge in [0.25, 0.3) is 0 Å². The van der Waals surface area contributed by atoms with Crippen molar-refractivity contribution < 1.29 is 0 Å². The minimum absolute atomic E-state index is 0.748. The molecule has 2 aliphatic rings. The van der Waals surface area contributed by atoms with Crippen LogP contribution in [0.4, 0.5) is 0 Å². The van der Waals surface area contributed by atoms with E-state index >= 15 is 0 Å². The normalized spacial score (nSPS) is 25.4. The van der Waals surface area contributed by atoms with E-state index in [1.54, 1.807) is 0 Å². The maximum Gasteiger partial charge on any atom is 0.193 e. The summed E-state index contributed by atoms with van der Waals surface area (Å²) in [5.74, 6) is 3.98. The molecular weight excluding hydrogens is 246 g/mol. The van der Waals surface area contributed by atoms with Crippen LogP contribution >= 0.6 is 0 Å². The van der Waals surface area contributed by atoms with Crippen LogP contribution in [0.25, 0.3) is 0 Å². The smallest absolute Gasteiger partial charge is 0.193 e. The molecule has 1 aromatic carbocycles. The number of guanidine groups is 1. The Hall–Kier alpha value is -1.51. The molecular formula is C17H25N3. The third kappa shape index (κ3) is 3.53. The second-order valence-electron chi connectivity index (χ2n) is 6.40. The second-order valence-corrected chi connectivity index (χ2v) is 6.40. The SMILES string of the molecule is CN(C)C(=NCc1ccccc1)NC[C@@H]1C[C@H]1C1CC1. The lowest BCUT2D eigenvalue weighted by Crippen LogP contribution is -2.37. The summed E-state index contributed by atoms with van der Waals surface area (Å²) in [6.07, 6.45) is 4.38. The number of benzene rings is 1. The highest BCUT2D eigenvalue weighted by molar-refractivity contribution is 5.79. The average Bonchev–Trinajstić information content (AvgIpc) is 3.32. The topological polar surface area (TPSA) is 27.6 Å². The van der Waals surface area contributed by atoms with Gasteiger partial charge in [0.2, 0.25) is 0 Å². The van der Waals surface area contributed by atoms with Crippen LogP contribution in [0.1, 0.15) is 24.8 Å². The summed E-state index contributed by atoms with van der Waals surface area (Å²) in [5.41, 5.74) is 1.26. The fraction of sp³-hybridized carbons (Fsp3) is 0.588. The molecule has 0 bridgehead atoms. The zero-order valence-corrected chi connectivity index (χ0v) is 12.5. The first kappa shape index (κ1) is 13.5. The van der Waals surface area contributed by atoms with Crippen LogP contribution in [0.2, 0.25) is 0 Å². The number of rotatable bonds is 5. The largest absolute Gasteiger partial charge is 0.356 e. The first-order valence-electron chi connectivity index (χ1n) is 7.73. The third-order valence-electron chi connectivity index (χ3n) is 4.40. The number of hydrogen-bond donors (Lipinski definition) is 1. The van der Waals surface area contributed by atoms with Crippen LogP contribution in [0.5, 0.6) is 0 Å². The zero-order chi connectivity index (χ0) is 13.9. The number of nitrogens with zero attached hydrogens (tertiary/aromatic N) is 2. The van der Waals surface area contributed by atoms with E-state index < -0.39 is 0 Å². The van der Waals surface area contributed by atoms with Gasteiger partial charge in [0.15, 0.2) is 5.96 Å². The van der Waals surface area contributed by atoms with Crippen molar-refractivity contribution in [2.45, 2.75) is 25.8 Å². The number of hydrogen-bond acceptors (Lipinski definition) is 1. The minimum atomic E-state index is 0.748. The molecule has 1 aromatic rings. The molecule has 1 N–H and O–H groups in total. The lowest BCUT2D eigenvalue weighted by molar-refractivity contribution is 0.554. The molecule has 0 aliphatic heterocycles. The molecule has 20 heavy (non-hydrogen) atoms. The van der Waals surface area contributed by atoms with E-state index in [4.69, 9.17) is 4.99 Å². The third-order valence-corrected chi connectivity index (χ3v) is 4.40. The minimum Gasteiger partial charge on any atom is -0.356 e. The van der Waals surface area contributed by atoms with Crippen molar-refractivity contribution in [3.05, 3.63) is 35.9 Å². The predicted octanol–water partition coefficient (Wildman–Crippen LogP) is 2.74. The lowest BCUT2D eigenvalue weighted by Gasteiger charge is -2.17. The maximum absolute atomic E-state index is 4.71. The van der Waals surface area contributed by atoms with Gasteiger partial charge in [-0.05, 0) is 42.6 Å². The zero-order valence-electron chi connectivity index (χ0n) is 12.5. The molecule has 3 rings (SSSR count). The average molecular weight is 271 g/mol.